The molecule has 5 nitrogen and oxygen atoms in total. The number of halogens is 1. The second kappa shape index (κ2) is 10.9. The van der Waals surface area contributed by atoms with Gasteiger partial charge in [0.15, 0.2) is 5.96 Å². The Balaban J connectivity index is 0.00000324. The minimum Gasteiger partial charge on any atom is -0.491 e. The molecule has 0 radical (unpaired) electrons. The van der Waals surface area contributed by atoms with Crippen molar-refractivity contribution in [1.82, 2.24) is 10.6 Å². The Morgan fingerprint density at radius 2 is 2.11 bits per heavy atom. The van der Waals surface area contributed by atoms with Crippen LogP contribution in [-0.2, 0) is 11.3 Å². The van der Waals surface area contributed by atoms with Gasteiger partial charge >= 0.3 is 0 Å². The number of benzene rings is 1. The summed E-state index contributed by atoms with van der Waals surface area (Å²) >= 11 is 0. The van der Waals surface area contributed by atoms with E-state index in [-0.39, 0.29) is 24.0 Å². The molecule has 0 saturated heterocycles. The van der Waals surface area contributed by atoms with Crippen LogP contribution in [0, 0.1) is 0 Å². The van der Waals surface area contributed by atoms with Crippen molar-refractivity contribution in [3.05, 3.63) is 29.8 Å². The predicted molar refractivity (Wildman–Crippen MR) is 88.5 cm³/mol. The Morgan fingerprint density at radius 1 is 1.32 bits per heavy atom. The zero-order chi connectivity index (χ0) is 13.2. The van der Waals surface area contributed by atoms with E-state index in [1.165, 1.54) is 0 Å². The van der Waals surface area contributed by atoms with E-state index >= 15 is 0 Å². The third-order valence-electron chi connectivity index (χ3n) is 2.38. The van der Waals surface area contributed by atoms with Gasteiger partial charge in [-0.25, -0.2) is 0 Å². The lowest BCUT2D eigenvalue weighted by Crippen LogP contribution is -2.34. The lowest BCUT2D eigenvalue weighted by Gasteiger charge is -2.10. The average Bonchev–Trinajstić information content (AvgIpc) is 2.41. The summed E-state index contributed by atoms with van der Waals surface area (Å²) < 4.78 is 10.5. The molecule has 0 amide bonds. The van der Waals surface area contributed by atoms with Crippen LogP contribution in [0.25, 0.3) is 0 Å². The molecule has 1 aromatic carbocycles. The third kappa shape index (κ3) is 7.22. The summed E-state index contributed by atoms with van der Waals surface area (Å²) in [7, 11) is 5.23. The molecule has 0 heterocycles. The molecular formula is C13H22IN3O2. The van der Waals surface area contributed by atoms with E-state index in [9.17, 15) is 0 Å². The molecule has 1 aromatic rings. The molecule has 0 aliphatic rings. The lowest BCUT2D eigenvalue weighted by atomic mass is 10.2. The van der Waals surface area contributed by atoms with E-state index in [2.05, 4.69) is 15.6 Å². The van der Waals surface area contributed by atoms with Crippen molar-refractivity contribution in [1.29, 1.82) is 0 Å². The molecule has 108 valence electrons. The molecular weight excluding hydrogens is 357 g/mol. The third-order valence-corrected chi connectivity index (χ3v) is 2.38. The van der Waals surface area contributed by atoms with Crippen LogP contribution < -0.4 is 15.4 Å². The number of ether oxygens (including phenoxy) is 2. The quantitative estimate of drug-likeness (QED) is 0.342. The molecule has 0 aliphatic carbocycles. The molecule has 0 bridgehead atoms. The minimum atomic E-state index is 0. The molecule has 0 aromatic heterocycles. The first-order valence-electron chi connectivity index (χ1n) is 5.89. The van der Waals surface area contributed by atoms with E-state index in [0.29, 0.717) is 19.8 Å². The van der Waals surface area contributed by atoms with Gasteiger partial charge in [0, 0.05) is 27.7 Å². The molecule has 6 heteroatoms. The summed E-state index contributed by atoms with van der Waals surface area (Å²) in [4.78, 5) is 4.05. The number of hydrogen-bond acceptors (Lipinski definition) is 3. The highest BCUT2D eigenvalue weighted by Crippen LogP contribution is 2.12. The first kappa shape index (κ1) is 18.0. The molecule has 0 unspecified atom stereocenters. The van der Waals surface area contributed by atoms with E-state index < -0.39 is 0 Å². The summed E-state index contributed by atoms with van der Waals surface area (Å²) in [5.74, 6) is 1.62. The molecule has 0 fully saturated rings. The first-order valence-corrected chi connectivity index (χ1v) is 5.89. The normalized spacial score (nSPS) is 10.6. The summed E-state index contributed by atoms with van der Waals surface area (Å²) in [6, 6.07) is 7.96. The van der Waals surface area contributed by atoms with Crippen molar-refractivity contribution in [3.8, 4) is 5.75 Å². The lowest BCUT2D eigenvalue weighted by molar-refractivity contribution is 0.146. The topological polar surface area (TPSA) is 54.9 Å². The highest BCUT2D eigenvalue weighted by atomic mass is 127. The Bertz CT molecular complexity index is 386. The van der Waals surface area contributed by atoms with E-state index in [1.807, 2.05) is 31.3 Å². The molecule has 0 saturated carbocycles. The predicted octanol–water partition coefficient (Wildman–Crippen LogP) is 1.62. The Hall–Kier alpha value is -1.02. The minimum absolute atomic E-state index is 0. The number of rotatable bonds is 6. The highest BCUT2D eigenvalue weighted by molar-refractivity contribution is 14.0. The molecule has 0 spiro atoms. The van der Waals surface area contributed by atoms with Crippen LogP contribution >= 0.6 is 24.0 Å². The molecule has 0 atom stereocenters. The second-order valence-electron chi connectivity index (χ2n) is 3.66. The van der Waals surface area contributed by atoms with Gasteiger partial charge in [0.25, 0.3) is 0 Å². The van der Waals surface area contributed by atoms with Gasteiger partial charge in [-0.05, 0) is 17.7 Å². The monoisotopic (exact) mass is 379 g/mol. The van der Waals surface area contributed by atoms with Crippen molar-refractivity contribution >= 4 is 29.9 Å². The zero-order valence-corrected chi connectivity index (χ0v) is 13.9. The van der Waals surface area contributed by atoms with Gasteiger partial charge in [-0.15, -0.1) is 24.0 Å². The van der Waals surface area contributed by atoms with E-state index in [4.69, 9.17) is 9.47 Å². The Kier molecular flexibility index (Phi) is 10.3. The van der Waals surface area contributed by atoms with Crippen molar-refractivity contribution in [2.45, 2.75) is 6.54 Å². The smallest absolute Gasteiger partial charge is 0.190 e. The number of nitrogens with one attached hydrogen (secondary N) is 2. The maximum atomic E-state index is 5.55. The maximum Gasteiger partial charge on any atom is 0.190 e. The van der Waals surface area contributed by atoms with Gasteiger partial charge in [0.2, 0.25) is 0 Å². The van der Waals surface area contributed by atoms with Crippen LogP contribution in [0.15, 0.2) is 29.3 Å². The molecule has 0 aliphatic heterocycles. The SMILES string of the molecule is CN=C(NC)NCc1cccc(OCCOC)c1.I. The van der Waals surface area contributed by atoms with Gasteiger partial charge in [-0.1, -0.05) is 12.1 Å². The summed E-state index contributed by atoms with van der Waals surface area (Å²) in [6.07, 6.45) is 0. The van der Waals surface area contributed by atoms with Crippen LogP contribution in [0.5, 0.6) is 5.75 Å². The highest BCUT2D eigenvalue weighted by Gasteiger charge is 1.98. The second-order valence-corrected chi connectivity index (χ2v) is 3.66. The van der Waals surface area contributed by atoms with E-state index in [0.717, 1.165) is 17.3 Å². The number of guanidine groups is 1. The van der Waals surface area contributed by atoms with Gasteiger partial charge in [0.1, 0.15) is 12.4 Å². The van der Waals surface area contributed by atoms with Crippen LogP contribution in [0.1, 0.15) is 5.56 Å². The van der Waals surface area contributed by atoms with Gasteiger partial charge in [-0.2, -0.15) is 0 Å². The number of methoxy groups -OCH3 is 1. The Morgan fingerprint density at radius 3 is 2.74 bits per heavy atom. The van der Waals surface area contributed by atoms with Gasteiger partial charge < -0.3 is 20.1 Å². The van der Waals surface area contributed by atoms with Crippen molar-refractivity contribution in [3.63, 3.8) is 0 Å². The molecule has 1 rings (SSSR count). The zero-order valence-electron chi connectivity index (χ0n) is 11.6. The fourth-order valence-corrected chi connectivity index (χ4v) is 1.45. The average molecular weight is 379 g/mol. The van der Waals surface area contributed by atoms with Crippen LogP contribution in [0.2, 0.25) is 0 Å². The summed E-state index contributed by atoms with van der Waals surface area (Å²) in [5, 5.41) is 6.16. The van der Waals surface area contributed by atoms with Crippen LogP contribution in [0.4, 0.5) is 0 Å². The standard InChI is InChI=1S/C13H21N3O2.HI/c1-14-13(15-2)16-10-11-5-4-6-12(9-11)18-8-7-17-3;/h4-6,9H,7-8,10H2,1-3H3,(H2,14,15,16);1H. The van der Waals surface area contributed by atoms with Gasteiger partial charge in [-0.3, -0.25) is 4.99 Å². The van der Waals surface area contributed by atoms with Crippen LogP contribution in [0.3, 0.4) is 0 Å². The summed E-state index contributed by atoms with van der Waals surface area (Å²) in [6.45, 7) is 1.86. The van der Waals surface area contributed by atoms with Crippen molar-refractivity contribution in [2.24, 2.45) is 4.99 Å². The molecule has 19 heavy (non-hydrogen) atoms. The van der Waals surface area contributed by atoms with Gasteiger partial charge in [0.05, 0.1) is 6.61 Å². The van der Waals surface area contributed by atoms with Crippen LogP contribution in [-0.4, -0.2) is 40.4 Å². The largest absolute Gasteiger partial charge is 0.491 e. The molecule has 2 N–H and O–H groups in total. The van der Waals surface area contributed by atoms with Crippen molar-refractivity contribution < 1.29 is 9.47 Å². The van der Waals surface area contributed by atoms with Crippen molar-refractivity contribution in [2.75, 3.05) is 34.4 Å². The number of aliphatic imine (C=N–C) groups is 1. The number of nitrogens with zero attached hydrogens (tertiary/aromatic N) is 1. The maximum absolute atomic E-state index is 5.55. The fraction of sp³-hybridized carbons (Fsp3) is 0.462. The summed E-state index contributed by atoms with van der Waals surface area (Å²) in [5.41, 5.74) is 1.14. The van der Waals surface area contributed by atoms with E-state index in [1.54, 1.807) is 14.2 Å². The fourth-order valence-electron chi connectivity index (χ4n) is 1.45. The number of hydrogen-bond donors (Lipinski definition) is 2. The Labute approximate surface area is 131 Å². The first-order chi connectivity index (χ1) is 8.80.